The van der Waals surface area contributed by atoms with Gasteiger partial charge < -0.3 is 14.6 Å². The molecule has 2 aromatic carbocycles. The molecule has 1 heterocycles. The van der Waals surface area contributed by atoms with Crippen LogP contribution in [0.4, 0.5) is 51.1 Å². The standard InChI is InChI=1S/C32H37F9N6O/c1-5-46(16-22-8-6-21(7-9-22)11-20(3)48)28-10-19(2)27(32(39,40)41)14-24(28)18-47(29-42-44-45(4)43-29)17-23-12-25(30(33,34)35)15-26(13-23)31(36,37)38/h10,12-15,21-22H,5-9,11,16-18H2,1-4H3. The highest BCUT2D eigenvalue weighted by Crippen LogP contribution is 2.40. The van der Waals surface area contributed by atoms with E-state index in [1.165, 1.54) is 24.9 Å². The number of rotatable bonds is 11. The zero-order valence-electron chi connectivity index (χ0n) is 26.9. The maximum atomic E-state index is 14.2. The normalized spacial score (nSPS) is 17.4. The smallest absolute Gasteiger partial charge is 0.371 e. The Morgan fingerprint density at radius 1 is 0.833 bits per heavy atom. The van der Waals surface area contributed by atoms with E-state index in [0.29, 0.717) is 43.2 Å². The molecule has 4 rings (SSSR count). The zero-order chi connectivity index (χ0) is 35.6. The summed E-state index contributed by atoms with van der Waals surface area (Å²) < 4.78 is 124. The highest BCUT2D eigenvalue weighted by molar-refractivity contribution is 5.75. The van der Waals surface area contributed by atoms with Gasteiger partial charge in [-0.3, -0.25) is 0 Å². The van der Waals surface area contributed by atoms with Gasteiger partial charge in [-0.1, -0.05) is 5.10 Å². The summed E-state index contributed by atoms with van der Waals surface area (Å²) in [7, 11) is 1.39. The van der Waals surface area contributed by atoms with E-state index in [0.717, 1.165) is 36.5 Å². The van der Waals surface area contributed by atoms with Crippen LogP contribution < -0.4 is 9.80 Å². The lowest BCUT2D eigenvalue weighted by molar-refractivity contribution is -0.143. The van der Waals surface area contributed by atoms with Crippen molar-refractivity contribution < 1.29 is 44.3 Å². The molecule has 0 amide bonds. The number of nitrogens with zero attached hydrogens (tertiary/aromatic N) is 6. The fourth-order valence-corrected chi connectivity index (χ4v) is 6.33. The van der Waals surface area contributed by atoms with Gasteiger partial charge in [-0.2, -0.15) is 44.3 Å². The molecule has 3 aromatic rings. The summed E-state index contributed by atoms with van der Waals surface area (Å²) in [5.41, 5.74) is -3.83. The Bertz CT molecular complexity index is 1540. The number of ketones is 1. The van der Waals surface area contributed by atoms with Crippen LogP contribution in [0.25, 0.3) is 0 Å². The molecule has 16 heteroatoms. The van der Waals surface area contributed by atoms with Crippen LogP contribution in [-0.4, -0.2) is 39.1 Å². The Labute approximate surface area is 272 Å². The Kier molecular flexibility index (Phi) is 11.0. The molecule has 1 aromatic heterocycles. The van der Waals surface area contributed by atoms with Crippen molar-refractivity contribution in [2.75, 3.05) is 22.9 Å². The van der Waals surface area contributed by atoms with E-state index < -0.39 is 47.3 Å². The summed E-state index contributed by atoms with van der Waals surface area (Å²) in [5.74, 6) is 0.419. The number of anilines is 2. The summed E-state index contributed by atoms with van der Waals surface area (Å²) in [6, 6.07) is 3.52. The third-order valence-corrected chi connectivity index (χ3v) is 8.64. The highest BCUT2D eigenvalue weighted by atomic mass is 19.4. The summed E-state index contributed by atoms with van der Waals surface area (Å²) >= 11 is 0. The molecule has 7 nitrogen and oxygen atoms in total. The first-order valence-corrected chi connectivity index (χ1v) is 15.5. The van der Waals surface area contributed by atoms with Gasteiger partial charge in [0.15, 0.2) is 0 Å². The molecule has 0 saturated heterocycles. The van der Waals surface area contributed by atoms with Crippen LogP contribution in [0.3, 0.4) is 0 Å². The molecule has 0 atom stereocenters. The first-order chi connectivity index (χ1) is 22.2. The number of hydrogen-bond donors (Lipinski definition) is 0. The van der Waals surface area contributed by atoms with E-state index in [-0.39, 0.29) is 41.4 Å². The largest absolute Gasteiger partial charge is 0.416 e. The van der Waals surface area contributed by atoms with Crippen molar-refractivity contribution in [1.82, 2.24) is 20.2 Å². The van der Waals surface area contributed by atoms with E-state index in [4.69, 9.17) is 0 Å². The van der Waals surface area contributed by atoms with Crippen molar-refractivity contribution in [3.63, 3.8) is 0 Å². The van der Waals surface area contributed by atoms with E-state index in [1.807, 2.05) is 11.8 Å². The lowest BCUT2D eigenvalue weighted by Gasteiger charge is -2.35. The van der Waals surface area contributed by atoms with Crippen LogP contribution >= 0.6 is 0 Å². The first kappa shape index (κ1) is 37.0. The third-order valence-electron chi connectivity index (χ3n) is 8.64. The lowest BCUT2D eigenvalue weighted by atomic mass is 9.79. The van der Waals surface area contributed by atoms with E-state index in [1.54, 1.807) is 6.92 Å². The molecule has 0 aliphatic heterocycles. The quantitative estimate of drug-likeness (QED) is 0.188. The van der Waals surface area contributed by atoms with Crippen LogP contribution in [0.2, 0.25) is 0 Å². The average Bonchev–Trinajstić information content (AvgIpc) is 3.41. The predicted molar refractivity (Wildman–Crippen MR) is 160 cm³/mol. The fraction of sp³-hybridized carbons (Fsp3) is 0.562. The second kappa shape index (κ2) is 14.3. The maximum absolute atomic E-state index is 14.2. The number of Topliss-reactive ketones (excluding diaryl/α,β-unsaturated/α-hetero) is 1. The number of alkyl halides is 9. The molecule has 0 bridgehead atoms. The summed E-state index contributed by atoms with van der Waals surface area (Å²) in [4.78, 5) is 15.8. The van der Waals surface area contributed by atoms with Gasteiger partial charge in [-0.05, 0) is 111 Å². The van der Waals surface area contributed by atoms with Crippen LogP contribution in [0.1, 0.15) is 79.3 Å². The van der Waals surface area contributed by atoms with E-state index in [2.05, 4.69) is 15.4 Å². The van der Waals surface area contributed by atoms with Crippen molar-refractivity contribution in [1.29, 1.82) is 0 Å². The van der Waals surface area contributed by atoms with Crippen molar-refractivity contribution >= 4 is 17.4 Å². The monoisotopic (exact) mass is 692 g/mol. The van der Waals surface area contributed by atoms with Gasteiger partial charge >= 0.3 is 18.5 Å². The SMILES string of the molecule is CCN(CC1CCC(CC(C)=O)CC1)c1cc(C)c(C(F)(F)F)cc1CN(Cc1cc(C(F)(F)F)cc(C(F)(F)F)c1)c1nnn(C)n1. The minimum Gasteiger partial charge on any atom is -0.371 e. The maximum Gasteiger partial charge on any atom is 0.416 e. The Morgan fingerprint density at radius 2 is 1.42 bits per heavy atom. The number of benzene rings is 2. The second-order valence-electron chi connectivity index (χ2n) is 12.5. The first-order valence-electron chi connectivity index (χ1n) is 15.5. The molecular weight excluding hydrogens is 655 g/mol. The molecule has 0 unspecified atom stereocenters. The summed E-state index contributed by atoms with van der Waals surface area (Å²) in [6.45, 7) is 4.68. The molecule has 264 valence electrons. The average molecular weight is 693 g/mol. The molecule has 0 radical (unpaired) electrons. The molecular formula is C32H37F9N6O. The van der Waals surface area contributed by atoms with E-state index >= 15 is 0 Å². The molecule has 1 aliphatic rings. The number of carbonyl (C=O) groups excluding carboxylic acids is 1. The third kappa shape index (κ3) is 9.40. The number of tetrazole rings is 1. The minimum atomic E-state index is -5.09. The van der Waals surface area contributed by atoms with Gasteiger partial charge in [0.2, 0.25) is 0 Å². The van der Waals surface area contributed by atoms with Crippen molar-refractivity contribution in [3.8, 4) is 0 Å². The molecule has 1 saturated carbocycles. The van der Waals surface area contributed by atoms with Gasteiger partial charge in [0.05, 0.1) is 23.7 Å². The van der Waals surface area contributed by atoms with Crippen molar-refractivity contribution in [2.45, 2.75) is 84.5 Å². The summed E-state index contributed by atoms with van der Waals surface area (Å²) in [5, 5.41) is 11.7. The fourth-order valence-electron chi connectivity index (χ4n) is 6.33. The van der Waals surface area contributed by atoms with E-state index in [9.17, 15) is 44.3 Å². The van der Waals surface area contributed by atoms with Crippen LogP contribution in [-0.2, 0) is 43.5 Å². The number of carbonyl (C=O) groups is 1. The van der Waals surface area contributed by atoms with Crippen molar-refractivity contribution in [3.05, 3.63) is 63.7 Å². The highest BCUT2D eigenvalue weighted by Gasteiger charge is 2.38. The van der Waals surface area contributed by atoms with Gasteiger partial charge in [-0.15, -0.1) is 5.10 Å². The Morgan fingerprint density at radius 3 is 1.90 bits per heavy atom. The topological polar surface area (TPSA) is 67.2 Å². The molecule has 1 aliphatic carbocycles. The molecule has 48 heavy (non-hydrogen) atoms. The number of aryl methyl sites for hydroxylation is 2. The van der Waals surface area contributed by atoms with Gasteiger partial charge in [0.1, 0.15) is 5.78 Å². The number of halogens is 9. The Hall–Kier alpha value is -3.85. The Balaban J connectivity index is 1.75. The van der Waals surface area contributed by atoms with Gasteiger partial charge in [0, 0.05) is 38.3 Å². The number of aromatic nitrogens is 4. The van der Waals surface area contributed by atoms with Crippen LogP contribution in [0.15, 0.2) is 30.3 Å². The van der Waals surface area contributed by atoms with Crippen LogP contribution in [0.5, 0.6) is 0 Å². The predicted octanol–water partition coefficient (Wildman–Crippen LogP) is 8.39. The van der Waals surface area contributed by atoms with Crippen LogP contribution in [0, 0.1) is 18.8 Å². The number of hydrogen-bond acceptors (Lipinski definition) is 6. The second-order valence-corrected chi connectivity index (χ2v) is 12.5. The molecule has 1 fully saturated rings. The lowest BCUT2D eigenvalue weighted by Crippen LogP contribution is -2.33. The molecule has 0 N–H and O–H groups in total. The summed E-state index contributed by atoms with van der Waals surface area (Å²) in [6.07, 6.45) is -11.1. The van der Waals surface area contributed by atoms with Crippen molar-refractivity contribution in [2.24, 2.45) is 18.9 Å². The zero-order valence-corrected chi connectivity index (χ0v) is 26.9. The van der Waals surface area contributed by atoms with Gasteiger partial charge in [-0.25, -0.2) is 0 Å². The minimum absolute atomic E-state index is 0.00874. The van der Waals surface area contributed by atoms with Gasteiger partial charge in [0.25, 0.3) is 5.95 Å². The molecule has 0 spiro atoms.